The summed E-state index contributed by atoms with van der Waals surface area (Å²) in [6, 6.07) is 0. The van der Waals surface area contributed by atoms with Crippen LogP contribution in [-0.2, 0) is 21.4 Å². The first-order valence-electron chi connectivity index (χ1n) is 4.56. The Morgan fingerprint density at radius 2 is 2.38 bits per heavy atom. The van der Waals surface area contributed by atoms with Crippen LogP contribution < -0.4 is 5.56 Å². The van der Waals surface area contributed by atoms with Gasteiger partial charge in [0.25, 0.3) is 5.56 Å². The van der Waals surface area contributed by atoms with E-state index in [1.807, 2.05) is 0 Å². The summed E-state index contributed by atoms with van der Waals surface area (Å²) in [6.45, 7) is 1.76. The molecule has 0 aliphatic heterocycles. The third-order valence-corrected chi connectivity index (χ3v) is 2.70. The molecule has 5 nitrogen and oxygen atoms in total. The second kappa shape index (κ2) is 6.00. The average molecular weight is 310 g/mol. The van der Waals surface area contributed by atoms with Crippen LogP contribution in [0.3, 0.4) is 0 Å². The van der Waals surface area contributed by atoms with Crippen LogP contribution >= 0.6 is 27.5 Å². The quantitative estimate of drug-likeness (QED) is 0.622. The molecule has 0 aliphatic rings. The molecule has 0 atom stereocenters. The van der Waals surface area contributed by atoms with Gasteiger partial charge in [-0.3, -0.25) is 9.59 Å². The van der Waals surface area contributed by atoms with Crippen LogP contribution in [-0.4, -0.2) is 22.4 Å². The van der Waals surface area contributed by atoms with E-state index in [1.165, 1.54) is 6.20 Å². The molecule has 0 bridgehead atoms. The van der Waals surface area contributed by atoms with Crippen LogP contribution in [0.1, 0.15) is 12.5 Å². The van der Waals surface area contributed by atoms with E-state index in [0.29, 0.717) is 10.9 Å². The van der Waals surface area contributed by atoms with Crippen molar-refractivity contribution in [1.29, 1.82) is 0 Å². The van der Waals surface area contributed by atoms with Gasteiger partial charge in [0, 0.05) is 10.9 Å². The standard InChI is InChI=1S/C9H10BrClN2O3/c1-2-16-8(14)5-13-9(15)6(3-10)7(11)4-12-13/h4H,2-3,5H2,1H3. The predicted octanol–water partition coefficient (Wildman–Crippen LogP) is 1.35. The number of carbonyl (C=O) groups excluding carboxylic acids is 1. The Morgan fingerprint density at radius 1 is 1.69 bits per heavy atom. The fraction of sp³-hybridized carbons (Fsp3) is 0.444. The molecule has 0 amide bonds. The van der Waals surface area contributed by atoms with Gasteiger partial charge in [0.1, 0.15) is 6.54 Å². The monoisotopic (exact) mass is 308 g/mol. The highest BCUT2D eigenvalue weighted by Gasteiger charge is 2.11. The molecule has 1 aromatic rings. The highest BCUT2D eigenvalue weighted by atomic mass is 79.9. The molecule has 16 heavy (non-hydrogen) atoms. The zero-order chi connectivity index (χ0) is 12.1. The van der Waals surface area contributed by atoms with E-state index in [0.717, 1.165) is 4.68 Å². The zero-order valence-electron chi connectivity index (χ0n) is 8.57. The first kappa shape index (κ1) is 13.2. The Balaban J connectivity index is 2.98. The lowest BCUT2D eigenvalue weighted by atomic mass is 10.3. The molecule has 1 rings (SSSR count). The summed E-state index contributed by atoms with van der Waals surface area (Å²) < 4.78 is 5.75. The summed E-state index contributed by atoms with van der Waals surface area (Å²) in [5, 5.41) is 4.35. The van der Waals surface area contributed by atoms with Gasteiger partial charge in [-0.2, -0.15) is 5.10 Å². The largest absolute Gasteiger partial charge is 0.465 e. The molecule has 0 saturated carbocycles. The maximum atomic E-state index is 11.7. The Kier molecular flexibility index (Phi) is 4.95. The number of esters is 1. The number of halogens is 2. The molecular weight excluding hydrogens is 299 g/mol. The van der Waals surface area contributed by atoms with Crippen molar-refractivity contribution < 1.29 is 9.53 Å². The maximum Gasteiger partial charge on any atom is 0.327 e. The molecule has 1 aromatic heterocycles. The van der Waals surface area contributed by atoms with Gasteiger partial charge in [-0.25, -0.2) is 4.68 Å². The molecule has 88 valence electrons. The van der Waals surface area contributed by atoms with Gasteiger partial charge in [0.05, 0.1) is 17.8 Å². The highest BCUT2D eigenvalue weighted by Crippen LogP contribution is 2.12. The molecule has 0 spiro atoms. The van der Waals surface area contributed by atoms with Crippen molar-refractivity contribution in [3.63, 3.8) is 0 Å². The minimum Gasteiger partial charge on any atom is -0.465 e. The topological polar surface area (TPSA) is 61.2 Å². The number of rotatable bonds is 4. The minimum absolute atomic E-state index is 0.205. The van der Waals surface area contributed by atoms with Gasteiger partial charge in [-0.15, -0.1) is 0 Å². The lowest BCUT2D eigenvalue weighted by molar-refractivity contribution is -0.144. The first-order valence-corrected chi connectivity index (χ1v) is 6.06. The second-order valence-corrected chi connectivity index (χ2v) is 3.84. The number of hydrogen-bond donors (Lipinski definition) is 0. The highest BCUT2D eigenvalue weighted by molar-refractivity contribution is 9.08. The predicted molar refractivity (Wildman–Crippen MR) is 62.8 cm³/mol. The summed E-state index contributed by atoms with van der Waals surface area (Å²) in [6.07, 6.45) is 1.33. The summed E-state index contributed by atoms with van der Waals surface area (Å²) >= 11 is 8.93. The molecule has 0 saturated heterocycles. The summed E-state index contributed by atoms with van der Waals surface area (Å²) in [5.74, 6) is -0.500. The van der Waals surface area contributed by atoms with Crippen molar-refractivity contribution in [1.82, 2.24) is 9.78 Å². The lowest BCUT2D eigenvalue weighted by Gasteiger charge is -2.06. The van der Waals surface area contributed by atoms with Crippen LogP contribution in [0.2, 0.25) is 5.02 Å². The van der Waals surface area contributed by atoms with E-state index < -0.39 is 11.5 Å². The summed E-state index contributed by atoms with van der Waals surface area (Å²) in [4.78, 5) is 22.9. The number of ether oxygens (including phenoxy) is 1. The first-order chi connectivity index (χ1) is 7.60. The van der Waals surface area contributed by atoms with E-state index in [-0.39, 0.29) is 18.2 Å². The second-order valence-electron chi connectivity index (χ2n) is 2.87. The Morgan fingerprint density at radius 3 is 2.94 bits per heavy atom. The molecule has 0 N–H and O–H groups in total. The SMILES string of the molecule is CCOC(=O)Cn1ncc(Cl)c(CBr)c1=O. The molecule has 7 heteroatoms. The minimum atomic E-state index is -0.500. The molecule has 0 fully saturated rings. The normalized spacial score (nSPS) is 10.2. The van der Waals surface area contributed by atoms with Gasteiger partial charge in [0.2, 0.25) is 0 Å². The molecule has 0 aliphatic carbocycles. The van der Waals surface area contributed by atoms with Gasteiger partial charge in [0.15, 0.2) is 0 Å². The van der Waals surface area contributed by atoms with Crippen molar-refractivity contribution in [2.45, 2.75) is 18.8 Å². The molecule has 1 heterocycles. The summed E-state index contributed by atoms with van der Waals surface area (Å²) in [5.41, 5.74) is -0.0154. The third kappa shape index (κ3) is 3.05. The fourth-order valence-electron chi connectivity index (χ4n) is 1.07. The lowest BCUT2D eigenvalue weighted by Crippen LogP contribution is -2.29. The van der Waals surface area contributed by atoms with Crippen LogP contribution in [0.5, 0.6) is 0 Å². The number of alkyl halides is 1. The Bertz CT molecular complexity index is 447. The van der Waals surface area contributed by atoms with E-state index in [9.17, 15) is 9.59 Å². The zero-order valence-corrected chi connectivity index (χ0v) is 10.9. The van der Waals surface area contributed by atoms with Crippen molar-refractivity contribution in [3.8, 4) is 0 Å². The number of carbonyl (C=O) groups is 1. The smallest absolute Gasteiger partial charge is 0.327 e. The van der Waals surface area contributed by atoms with Crippen LogP contribution in [0.15, 0.2) is 11.0 Å². The number of aromatic nitrogens is 2. The van der Waals surface area contributed by atoms with Gasteiger partial charge < -0.3 is 4.74 Å². The van der Waals surface area contributed by atoms with Crippen molar-refractivity contribution in [3.05, 3.63) is 27.1 Å². The van der Waals surface area contributed by atoms with E-state index in [4.69, 9.17) is 16.3 Å². The Hall–Kier alpha value is -0.880. The number of nitrogens with zero attached hydrogens (tertiary/aromatic N) is 2. The number of hydrogen-bond acceptors (Lipinski definition) is 4. The van der Waals surface area contributed by atoms with Crippen molar-refractivity contribution in [2.75, 3.05) is 6.61 Å². The van der Waals surface area contributed by atoms with Gasteiger partial charge in [-0.1, -0.05) is 27.5 Å². The van der Waals surface area contributed by atoms with E-state index in [2.05, 4.69) is 21.0 Å². The summed E-state index contributed by atoms with van der Waals surface area (Å²) in [7, 11) is 0. The van der Waals surface area contributed by atoms with Crippen molar-refractivity contribution >= 4 is 33.5 Å². The maximum absolute atomic E-state index is 11.7. The molecule has 0 radical (unpaired) electrons. The van der Waals surface area contributed by atoms with Crippen LogP contribution in [0.4, 0.5) is 0 Å². The molecule has 0 aromatic carbocycles. The van der Waals surface area contributed by atoms with Crippen LogP contribution in [0.25, 0.3) is 0 Å². The third-order valence-electron chi connectivity index (χ3n) is 1.81. The van der Waals surface area contributed by atoms with Gasteiger partial charge >= 0.3 is 5.97 Å². The average Bonchev–Trinajstić information content (AvgIpc) is 2.23. The Labute approximate surface area is 105 Å². The van der Waals surface area contributed by atoms with E-state index in [1.54, 1.807) is 6.92 Å². The van der Waals surface area contributed by atoms with Gasteiger partial charge in [-0.05, 0) is 6.92 Å². The molecule has 0 unspecified atom stereocenters. The van der Waals surface area contributed by atoms with Crippen LogP contribution in [0, 0.1) is 0 Å². The molecular formula is C9H10BrClN2O3. The fourth-order valence-corrected chi connectivity index (χ4v) is 1.97. The van der Waals surface area contributed by atoms with Crippen molar-refractivity contribution in [2.24, 2.45) is 0 Å². The van der Waals surface area contributed by atoms with E-state index >= 15 is 0 Å².